The van der Waals surface area contributed by atoms with Gasteiger partial charge < -0.3 is 19.5 Å². The third kappa shape index (κ3) is 5.46. The molecule has 0 bridgehead atoms. The van der Waals surface area contributed by atoms with Crippen LogP contribution in [0.25, 0.3) is 0 Å². The maximum absolute atomic E-state index is 14.5. The van der Waals surface area contributed by atoms with Crippen LogP contribution in [0.5, 0.6) is 23.0 Å². The molecule has 2 atom stereocenters. The molecule has 0 spiro atoms. The normalized spacial score (nSPS) is 13.5. The predicted molar refractivity (Wildman–Crippen MR) is 128 cm³/mol. The van der Waals surface area contributed by atoms with E-state index in [0.717, 1.165) is 23.9 Å². The molecular weight excluding hydrogens is 561 g/mol. The summed E-state index contributed by atoms with van der Waals surface area (Å²) in [6.07, 6.45) is 0. The van der Waals surface area contributed by atoms with Gasteiger partial charge in [0.2, 0.25) is 0 Å². The zero-order valence-corrected chi connectivity index (χ0v) is 19.7. The number of carbonyl (C=O) groups excluding carboxylic acids is 1. The van der Waals surface area contributed by atoms with Crippen molar-refractivity contribution in [2.45, 2.75) is 10.1 Å². The highest BCUT2D eigenvalue weighted by Crippen LogP contribution is 2.45. The topological polar surface area (TPSA) is 87.0 Å². The van der Waals surface area contributed by atoms with Gasteiger partial charge in [0.05, 0.1) is 17.7 Å². The Balaban J connectivity index is 1.99. The number of halogens is 2. The number of carbonyl (C=O) groups is 1. The lowest BCUT2D eigenvalue weighted by molar-refractivity contribution is 0.0989. The molecule has 30 heavy (non-hydrogen) atoms. The maximum atomic E-state index is 14.5. The summed E-state index contributed by atoms with van der Waals surface area (Å²) in [5.41, 5.74) is 0.712. The summed E-state index contributed by atoms with van der Waals surface area (Å²) in [4.78, 5) is 13.0. The van der Waals surface area contributed by atoms with Gasteiger partial charge in [-0.2, -0.15) is 0 Å². The second-order valence-electron chi connectivity index (χ2n) is 6.02. The molecule has 0 heterocycles. The van der Waals surface area contributed by atoms with E-state index in [1.54, 1.807) is 36.4 Å². The van der Waals surface area contributed by atoms with Crippen molar-refractivity contribution < 1.29 is 28.7 Å². The Bertz CT molecular complexity index is 1150. The van der Waals surface area contributed by atoms with E-state index in [1.807, 2.05) is 21.2 Å². The van der Waals surface area contributed by atoms with Gasteiger partial charge in [-0.25, -0.2) is 4.39 Å². The molecule has 0 saturated carbocycles. The number of thioether (sulfide) groups is 1. The Morgan fingerprint density at radius 3 is 2.50 bits per heavy atom. The second kappa shape index (κ2) is 10.00. The third-order valence-electron chi connectivity index (χ3n) is 4.01. The Labute approximate surface area is 194 Å². The second-order valence-corrected chi connectivity index (χ2v) is 13.2. The van der Waals surface area contributed by atoms with Gasteiger partial charge in [0.15, 0.2) is 17.3 Å². The number of aromatic hydroxyl groups is 3. The van der Waals surface area contributed by atoms with Crippen LogP contribution in [-0.2, 0) is 7.53 Å². The van der Waals surface area contributed by atoms with E-state index in [1.165, 1.54) is 12.1 Å². The molecule has 5 nitrogen and oxygen atoms in total. The molecule has 3 aromatic rings. The van der Waals surface area contributed by atoms with E-state index >= 15 is 0 Å². The van der Waals surface area contributed by atoms with Crippen LogP contribution < -0.4 is 4.18 Å². The molecule has 2 unspecified atom stereocenters. The predicted octanol–water partition coefficient (Wildman–Crippen LogP) is 5.98. The molecular formula is C20H15FIO5PS2. The number of hydrogen-bond acceptors (Lipinski definition) is 6. The van der Waals surface area contributed by atoms with E-state index < -0.39 is 35.9 Å². The molecule has 0 saturated heterocycles. The standard InChI is InChI=1S/C20H15FIO5PS2/c21-17-15(24)8-9-16(25)20(17)29-19(12-2-1-3-13(23)10-12)18(26)11-4-6-14(7-5-11)27-30(22)28/h1-10,19,23-25,28H/i28T. The summed E-state index contributed by atoms with van der Waals surface area (Å²) < 4.78 is 27.3. The van der Waals surface area contributed by atoms with Crippen LogP contribution in [0, 0.1) is 5.82 Å². The molecule has 0 aliphatic carbocycles. The van der Waals surface area contributed by atoms with Crippen molar-refractivity contribution in [2.75, 3.05) is 0 Å². The average molecular weight is 578 g/mol. The molecule has 0 aliphatic heterocycles. The van der Waals surface area contributed by atoms with Crippen LogP contribution in [0.1, 0.15) is 21.2 Å². The number of Topliss-reactive ketones (excluding diaryl/α,β-unsaturated/α-hetero) is 1. The van der Waals surface area contributed by atoms with Gasteiger partial charge in [0.25, 0.3) is 0 Å². The first-order chi connectivity index (χ1) is 14.8. The summed E-state index contributed by atoms with van der Waals surface area (Å²) >= 11 is 2.74. The minimum atomic E-state index is -1.03. The summed E-state index contributed by atoms with van der Waals surface area (Å²) in [6.45, 7) is 0. The summed E-state index contributed by atoms with van der Waals surface area (Å²) in [5.74, 6) is -2.04. The highest BCUT2D eigenvalue weighted by atomic mass is 127. The largest absolute Gasteiger partial charge is 0.508 e. The van der Waals surface area contributed by atoms with Crippen LogP contribution in [0.2, 0.25) is 0 Å². The average Bonchev–Trinajstić information content (AvgIpc) is 2.76. The molecule has 10 heteroatoms. The fourth-order valence-corrected chi connectivity index (χ4v) is 4.94. The van der Waals surface area contributed by atoms with Gasteiger partial charge in [0, 0.05) is 26.8 Å². The van der Waals surface area contributed by atoms with Gasteiger partial charge in [-0.1, -0.05) is 12.1 Å². The minimum Gasteiger partial charge on any atom is -0.508 e. The van der Waals surface area contributed by atoms with Gasteiger partial charge in [-0.05, 0) is 62.1 Å². The van der Waals surface area contributed by atoms with Crippen molar-refractivity contribution in [1.82, 2.24) is 0 Å². The maximum Gasteiger partial charge on any atom is 0.182 e. The van der Waals surface area contributed by atoms with Crippen molar-refractivity contribution in [2.24, 2.45) is 0 Å². The van der Waals surface area contributed by atoms with Crippen LogP contribution in [-0.4, -0.2) is 22.4 Å². The number of benzene rings is 3. The summed E-state index contributed by atoms with van der Waals surface area (Å²) in [7, 11) is -0.281. The number of phenols is 3. The third-order valence-corrected chi connectivity index (χ3v) is 6.45. The quantitative estimate of drug-likeness (QED) is 0.105. The number of hydrogen-bond donors (Lipinski definition) is 3. The Morgan fingerprint density at radius 2 is 1.83 bits per heavy atom. The lowest BCUT2D eigenvalue weighted by atomic mass is 10.0. The molecule has 0 aromatic heterocycles. The van der Waals surface area contributed by atoms with Gasteiger partial charge >= 0.3 is 0 Å². The van der Waals surface area contributed by atoms with Crippen LogP contribution in [0.15, 0.2) is 65.6 Å². The molecule has 3 aromatic carbocycles. The fraction of sp³-hybridized carbons (Fsp3) is 0.0500. The van der Waals surface area contributed by atoms with Gasteiger partial charge in [-0.3, -0.25) is 4.79 Å². The number of phenolic OH excluding ortho intramolecular Hbond substituents is 3. The lowest BCUT2D eigenvalue weighted by Crippen LogP contribution is -2.10. The summed E-state index contributed by atoms with van der Waals surface area (Å²) in [5, 5.41) is 28.6. The molecule has 0 radical (unpaired) electrons. The van der Waals surface area contributed by atoms with E-state index in [4.69, 9.17) is 5.46 Å². The summed E-state index contributed by atoms with van der Waals surface area (Å²) in [6, 6.07) is 14.5. The fourth-order valence-electron chi connectivity index (χ4n) is 2.63. The van der Waals surface area contributed by atoms with E-state index in [0.29, 0.717) is 24.8 Å². The first-order valence-electron chi connectivity index (χ1n) is 8.79. The molecule has 0 fully saturated rings. The highest BCUT2D eigenvalue weighted by molar-refractivity contribution is 14.2. The Morgan fingerprint density at radius 1 is 1.13 bits per heavy atom. The number of rotatable bonds is 7. The highest BCUT2D eigenvalue weighted by Gasteiger charge is 2.27. The van der Waals surface area contributed by atoms with E-state index in [-0.39, 0.29) is 10.6 Å². The molecule has 3 rings (SSSR count). The zero-order valence-electron chi connectivity index (χ0n) is 16.0. The number of ketones is 1. The van der Waals surface area contributed by atoms with Crippen molar-refractivity contribution >= 4 is 54.2 Å². The van der Waals surface area contributed by atoms with Crippen molar-refractivity contribution in [3.63, 3.8) is 0 Å². The SMILES string of the molecule is [3H]P=S(I)Oc1ccc(C(=O)C(Sc2c(O)ccc(O)c2F)c2cccc(O)c2)cc1. The smallest absolute Gasteiger partial charge is 0.182 e. The Kier molecular flexibility index (Phi) is 7.14. The first-order valence-corrected chi connectivity index (χ1v) is 14.0. The van der Waals surface area contributed by atoms with Crippen LogP contribution >= 0.6 is 40.9 Å². The monoisotopic (exact) mass is 578 g/mol. The van der Waals surface area contributed by atoms with Crippen molar-refractivity contribution in [1.29, 1.82) is 1.28 Å². The first kappa shape index (κ1) is 21.4. The lowest BCUT2D eigenvalue weighted by Gasteiger charge is -2.18. The zero-order chi connectivity index (χ0) is 22.5. The van der Waals surface area contributed by atoms with Crippen molar-refractivity contribution in [3.8, 4) is 23.0 Å². The van der Waals surface area contributed by atoms with E-state index in [2.05, 4.69) is 0 Å². The van der Waals surface area contributed by atoms with Crippen molar-refractivity contribution in [3.05, 3.63) is 77.6 Å². The molecule has 0 aliphatic rings. The van der Waals surface area contributed by atoms with Gasteiger partial charge in [-0.15, -0.1) is 11.8 Å². The van der Waals surface area contributed by atoms with Crippen LogP contribution in [0.4, 0.5) is 4.39 Å². The molecule has 0 amide bonds. The minimum absolute atomic E-state index is 0.0658. The van der Waals surface area contributed by atoms with E-state index in [9.17, 15) is 24.5 Å². The molecule has 3 N–H and O–H groups in total. The Hall–Kier alpha value is -1.81. The van der Waals surface area contributed by atoms with Crippen LogP contribution in [0.3, 0.4) is 0 Å². The molecule has 156 valence electrons. The van der Waals surface area contributed by atoms with Gasteiger partial charge in [0.1, 0.15) is 18.5 Å².